The summed E-state index contributed by atoms with van der Waals surface area (Å²) in [4.78, 5) is 0. The molecule has 0 fully saturated rings. The van der Waals surface area contributed by atoms with Gasteiger partial charge >= 0.3 is 0 Å². The lowest BCUT2D eigenvalue weighted by Crippen LogP contribution is -2.15. The van der Waals surface area contributed by atoms with Gasteiger partial charge in [0.05, 0.1) is 0 Å². The first-order valence-electron chi connectivity index (χ1n) is 6.44. The third kappa shape index (κ3) is 4.45. The fourth-order valence-electron chi connectivity index (χ4n) is 1.94. The lowest BCUT2D eigenvalue weighted by Gasteiger charge is -2.06. The van der Waals surface area contributed by atoms with Gasteiger partial charge in [0.25, 0.3) is 0 Å². The average Bonchev–Trinajstić information content (AvgIpc) is 2.42. The maximum atomic E-state index is 13.3. The van der Waals surface area contributed by atoms with Crippen molar-refractivity contribution in [2.45, 2.75) is 19.4 Å². The van der Waals surface area contributed by atoms with Crippen molar-refractivity contribution >= 4 is 0 Å². The van der Waals surface area contributed by atoms with Crippen molar-refractivity contribution < 1.29 is 8.78 Å². The van der Waals surface area contributed by atoms with Gasteiger partial charge in [-0.25, -0.2) is 8.78 Å². The van der Waals surface area contributed by atoms with E-state index in [1.54, 1.807) is 18.2 Å². The van der Waals surface area contributed by atoms with E-state index >= 15 is 0 Å². The quantitative estimate of drug-likeness (QED) is 0.782. The van der Waals surface area contributed by atoms with Gasteiger partial charge in [-0.05, 0) is 48.7 Å². The Hall–Kier alpha value is -1.74. The fraction of sp³-hybridized carbons (Fsp3) is 0.250. The van der Waals surface area contributed by atoms with Crippen molar-refractivity contribution in [2.24, 2.45) is 0 Å². The third-order valence-electron chi connectivity index (χ3n) is 3.00. The van der Waals surface area contributed by atoms with Crippen LogP contribution < -0.4 is 5.32 Å². The number of halogens is 2. The molecule has 19 heavy (non-hydrogen) atoms. The molecule has 0 amide bonds. The Morgan fingerprint density at radius 2 is 1.63 bits per heavy atom. The second-order valence-corrected chi connectivity index (χ2v) is 4.50. The molecule has 0 saturated heterocycles. The minimum absolute atomic E-state index is 0.138. The molecule has 1 nitrogen and oxygen atoms in total. The van der Waals surface area contributed by atoms with Crippen LogP contribution in [0.25, 0.3) is 0 Å². The van der Waals surface area contributed by atoms with E-state index in [1.165, 1.54) is 18.2 Å². The fourth-order valence-corrected chi connectivity index (χ4v) is 1.94. The number of rotatable bonds is 6. The van der Waals surface area contributed by atoms with Crippen molar-refractivity contribution in [3.63, 3.8) is 0 Å². The van der Waals surface area contributed by atoms with Crippen LogP contribution in [-0.4, -0.2) is 6.54 Å². The standard InChI is InChI=1S/C16H17F2N/c17-15-9-7-13(8-10-15)12-19-11-3-5-14-4-1-2-6-16(14)18/h1-2,4,6-10,19H,3,5,11-12H2. The predicted octanol–water partition coefficient (Wildman–Crippen LogP) is 3.69. The highest BCUT2D eigenvalue weighted by Gasteiger charge is 2.00. The highest BCUT2D eigenvalue weighted by molar-refractivity contribution is 5.17. The van der Waals surface area contributed by atoms with E-state index in [2.05, 4.69) is 5.32 Å². The molecule has 0 aliphatic rings. The van der Waals surface area contributed by atoms with E-state index in [9.17, 15) is 8.78 Å². The third-order valence-corrected chi connectivity index (χ3v) is 3.00. The average molecular weight is 261 g/mol. The molecule has 2 aromatic carbocycles. The van der Waals surface area contributed by atoms with Crippen LogP contribution in [0.4, 0.5) is 8.78 Å². The van der Waals surface area contributed by atoms with Crippen LogP contribution in [0.1, 0.15) is 17.5 Å². The van der Waals surface area contributed by atoms with Gasteiger partial charge in [-0.1, -0.05) is 30.3 Å². The van der Waals surface area contributed by atoms with Crippen molar-refractivity contribution in [1.82, 2.24) is 5.32 Å². The summed E-state index contributed by atoms with van der Waals surface area (Å²) in [6, 6.07) is 13.3. The predicted molar refractivity (Wildman–Crippen MR) is 72.8 cm³/mol. The molecule has 0 bridgehead atoms. The first kappa shape index (κ1) is 13.7. The highest BCUT2D eigenvalue weighted by atomic mass is 19.1. The Balaban J connectivity index is 1.67. The second kappa shape index (κ2) is 7.00. The molecule has 0 radical (unpaired) electrons. The molecule has 0 aliphatic heterocycles. The maximum absolute atomic E-state index is 13.3. The summed E-state index contributed by atoms with van der Waals surface area (Å²) < 4.78 is 26.0. The summed E-state index contributed by atoms with van der Waals surface area (Å²) in [6.45, 7) is 1.52. The minimum atomic E-state index is -0.219. The van der Waals surface area contributed by atoms with Gasteiger partial charge in [-0.3, -0.25) is 0 Å². The van der Waals surface area contributed by atoms with Gasteiger partial charge in [-0.2, -0.15) is 0 Å². The number of benzene rings is 2. The SMILES string of the molecule is Fc1ccc(CNCCCc2ccccc2F)cc1. The molecule has 0 spiro atoms. The van der Waals surface area contributed by atoms with E-state index in [0.717, 1.165) is 30.5 Å². The number of hydrogen-bond acceptors (Lipinski definition) is 1. The van der Waals surface area contributed by atoms with Gasteiger partial charge < -0.3 is 5.32 Å². The smallest absolute Gasteiger partial charge is 0.126 e. The lowest BCUT2D eigenvalue weighted by atomic mass is 10.1. The first-order chi connectivity index (χ1) is 9.25. The Bertz CT molecular complexity index is 508. The summed E-state index contributed by atoms with van der Waals surface area (Å²) in [7, 11) is 0. The zero-order valence-corrected chi connectivity index (χ0v) is 10.7. The van der Waals surface area contributed by atoms with Crippen molar-refractivity contribution in [3.8, 4) is 0 Å². The largest absolute Gasteiger partial charge is 0.313 e. The molecule has 0 unspecified atom stereocenters. The van der Waals surface area contributed by atoms with Crippen LogP contribution >= 0.6 is 0 Å². The molecule has 0 atom stereocenters. The van der Waals surface area contributed by atoms with Gasteiger partial charge in [-0.15, -0.1) is 0 Å². The highest BCUT2D eigenvalue weighted by Crippen LogP contribution is 2.08. The minimum Gasteiger partial charge on any atom is -0.313 e. The molecular formula is C16H17F2N. The lowest BCUT2D eigenvalue weighted by molar-refractivity contribution is 0.592. The second-order valence-electron chi connectivity index (χ2n) is 4.50. The van der Waals surface area contributed by atoms with Gasteiger partial charge in [0.15, 0.2) is 0 Å². The molecule has 2 aromatic rings. The van der Waals surface area contributed by atoms with E-state index in [-0.39, 0.29) is 11.6 Å². The molecule has 2 rings (SSSR count). The molecular weight excluding hydrogens is 244 g/mol. The molecule has 100 valence electrons. The van der Waals surface area contributed by atoms with Crippen LogP contribution in [0.15, 0.2) is 48.5 Å². The molecule has 3 heteroatoms. The number of aryl methyl sites for hydroxylation is 1. The normalized spacial score (nSPS) is 10.6. The molecule has 1 N–H and O–H groups in total. The van der Waals surface area contributed by atoms with E-state index in [1.807, 2.05) is 12.1 Å². The summed E-state index contributed by atoms with van der Waals surface area (Å²) in [5.41, 5.74) is 1.80. The van der Waals surface area contributed by atoms with Gasteiger partial charge in [0.2, 0.25) is 0 Å². The van der Waals surface area contributed by atoms with Crippen LogP contribution in [0.5, 0.6) is 0 Å². The number of hydrogen-bond donors (Lipinski definition) is 1. The topological polar surface area (TPSA) is 12.0 Å². The first-order valence-corrected chi connectivity index (χ1v) is 6.44. The monoisotopic (exact) mass is 261 g/mol. The Kier molecular flexibility index (Phi) is 5.04. The molecule has 0 saturated carbocycles. The van der Waals surface area contributed by atoms with E-state index in [4.69, 9.17) is 0 Å². The Morgan fingerprint density at radius 1 is 0.895 bits per heavy atom. The Morgan fingerprint density at radius 3 is 2.37 bits per heavy atom. The van der Waals surface area contributed by atoms with Crippen LogP contribution in [0.2, 0.25) is 0 Å². The Labute approximate surface area is 112 Å². The maximum Gasteiger partial charge on any atom is 0.126 e. The summed E-state index contributed by atoms with van der Waals surface area (Å²) in [6.07, 6.45) is 1.60. The summed E-state index contributed by atoms with van der Waals surface area (Å²) in [5.74, 6) is -0.357. The van der Waals surface area contributed by atoms with Gasteiger partial charge in [0, 0.05) is 6.54 Å². The molecule has 0 aliphatic carbocycles. The van der Waals surface area contributed by atoms with Crippen LogP contribution in [0.3, 0.4) is 0 Å². The number of nitrogens with one attached hydrogen (secondary N) is 1. The summed E-state index contributed by atoms with van der Waals surface area (Å²) >= 11 is 0. The van der Waals surface area contributed by atoms with E-state index in [0.29, 0.717) is 6.54 Å². The zero-order valence-electron chi connectivity index (χ0n) is 10.7. The van der Waals surface area contributed by atoms with Gasteiger partial charge in [0.1, 0.15) is 11.6 Å². The van der Waals surface area contributed by atoms with Crippen LogP contribution in [-0.2, 0) is 13.0 Å². The van der Waals surface area contributed by atoms with Crippen molar-refractivity contribution in [2.75, 3.05) is 6.54 Å². The molecule has 0 heterocycles. The van der Waals surface area contributed by atoms with Crippen LogP contribution in [0, 0.1) is 11.6 Å². The zero-order chi connectivity index (χ0) is 13.5. The van der Waals surface area contributed by atoms with Crippen molar-refractivity contribution in [3.05, 3.63) is 71.3 Å². The van der Waals surface area contributed by atoms with E-state index < -0.39 is 0 Å². The van der Waals surface area contributed by atoms with Crippen molar-refractivity contribution in [1.29, 1.82) is 0 Å². The molecule has 0 aromatic heterocycles. The summed E-state index contributed by atoms with van der Waals surface area (Å²) in [5, 5.41) is 3.27.